The normalized spacial score (nSPS) is 29.0. The minimum absolute atomic E-state index is 0.677. The fraction of sp³-hybridized carbons (Fsp3) is 1.00. The molecule has 2 aliphatic rings. The first-order chi connectivity index (χ1) is 10.2. The first-order valence-corrected chi connectivity index (χ1v) is 9.42. The molecule has 0 bridgehead atoms. The van der Waals surface area contributed by atoms with Gasteiger partial charge in [-0.2, -0.15) is 0 Å². The van der Waals surface area contributed by atoms with Crippen molar-refractivity contribution < 1.29 is 0 Å². The molecule has 2 heterocycles. The molecule has 2 saturated heterocycles. The smallest absolute Gasteiger partial charge is 0.0195 e. The Morgan fingerprint density at radius 1 is 1.10 bits per heavy atom. The van der Waals surface area contributed by atoms with E-state index in [4.69, 9.17) is 0 Å². The summed E-state index contributed by atoms with van der Waals surface area (Å²) >= 11 is 0. The highest BCUT2D eigenvalue weighted by Gasteiger charge is 2.27. The Labute approximate surface area is 132 Å². The number of rotatable bonds is 6. The van der Waals surface area contributed by atoms with E-state index < -0.39 is 0 Å². The Hall–Kier alpha value is -0.120. The third-order valence-corrected chi connectivity index (χ3v) is 5.31. The fourth-order valence-corrected chi connectivity index (χ4v) is 4.13. The van der Waals surface area contributed by atoms with E-state index in [1.165, 1.54) is 77.7 Å². The van der Waals surface area contributed by atoms with Crippen LogP contribution in [0.25, 0.3) is 0 Å². The van der Waals surface area contributed by atoms with Crippen LogP contribution in [0.1, 0.15) is 65.7 Å². The molecule has 2 rings (SSSR count). The van der Waals surface area contributed by atoms with Gasteiger partial charge in [0.1, 0.15) is 0 Å². The van der Waals surface area contributed by atoms with Gasteiger partial charge in [0.2, 0.25) is 0 Å². The van der Waals surface area contributed by atoms with Gasteiger partial charge in [-0.1, -0.05) is 13.3 Å². The molecule has 2 fully saturated rings. The zero-order valence-electron chi connectivity index (χ0n) is 14.6. The van der Waals surface area contributed by atoms with Crippen LogP contribution in [0, 0.1) is 0 Å². The van der Waals surface area contributed by atoms with Crippen LogP contribution in [0.2, 0.25) is 0 Å². The lowest BCUT2D eigenvalue weighted by Gasteiger charge is -2.38. The lowest BCUT2D eigenvalue weighted by Crippen LogP contribution is -2.50. The van der Waals surface area contributed by atoms with E-state index in [0.29, 0.717) is 6.04 Å². The SMILES string of the molecule is CCCN1CCCC(N(CC2CCCCN2)C(C)C)CC1. The molecule has 2 atom stereocenters. The third-order valence-electron chi connectivity index (χ3n) is 5.31. The summed E-state index contributed by atoms with van der Waals surface area (Å²) in [6.45, 7) is 13.5. The summed E-state index contributed by atoms with van der Waals surface area (Å²) in [6, 6.07) is 2.21. The van der Waals surface area contributed by atoms with E-state index in [0.717, 1.165) is 12.1 Å². The summed E-state index contributed by atoms with van der Waals surface area (Å²) in [5, 5.41) is 3.74. The molecule has 2 unspecified atom stereocenters. The molecule has 1 N–H and O–H groups in total. The molecular weight excluding hydrogens is 258 g/mol. The van der Waals surface area contributed by atoms with E-state index in [1.54, 1.807) is 0 Å². The molecule has 3 nitrogen and oxygen atoms in total. The van der Waals surface area contributed by atoms with Crippen LogP contribution < -0.4 is 5.32 Å². The maximum absolute atomic E-state index is 3.74. The van der Waals surface area contributed by atoms with Gasteiger partial charge in [0.05, 0.1) is 0 Å². The Bertz CT molecular complexity index is 274. The summed E-state index contributed by atoms with van der Waals surface area (Å²) < 4.78 is 0. The van der Waals surface area contributed by atoms with Gasteiger partial charge in [-0.25, -0.2) is 0 Å². The summed E-state index contributed by atoms with van der Waals surface area (Å²) in [4.78, 5) is 5.48. The highest BCUT2D eigenvalue weighted by Crippen LogP contribution is 2.21. The van der Waals surface area contributed by atoms with Crippen molar-refractivity contribution in [1.29, 1.82) is 0 Å². The zero-order valence-corrected chi connectivity index (χ0v) is 14.6. The average molecular weight is 296 g/mol. The Morgan fingerprint density at radius 3 is 2.62 bits per heavy atom. The monoisotopic (exact) mass is 295 g/mol. The first kappa shape index (κ1) is 17.2. The molecule has 0 aromatic carbocycles. The van der Waals surface area contributed by atoms with E-state index in [9.17, 15) is 0 Å². The summed E-state index contributed by atoms with van der Waals surface area (Å²) in [6.07, 6.45) is 9.59. The molecule has 124 valence electrons. The van der Waals surface area contributed by atoms with E-state index in [2.05, 4.69) is 35.9 Å². The second kappa shape index (κ2) is 9.12. The molecule has 21 heavy (non-hydrogen) atoms. The molecule has 0 radical (unpaired) electrons. The highest BCUT2D eigenvalue weighted by molar-refractivity contribution is 4.84. The van der Waals surface area contributed by atoms with Gasteiger partial charge in [0.15, 0.2) is 0 Å². The Morgan fingerprint density at radius 2 is 1.95 bits per heavy atom. The van der Waals surface area contributed by atoms with Gasteiger partial charge in [-0.05, 0) is 78.6 Å². The topological polar surface area (TPSA) is 18.5 Å². The lowest BCUT2D eigenvalue weighted by molar-refractivity contribution is 0.116. The van der Waals surface area contributed by atoms with Crippen molar-refractivity contribution in [3.8, 4) is 0 Å². The van der Waals surface area contributed by atoms with Crippen molar-refractivity contribution in [3.05, 3.63) is 0 Å². The van der Waals surface area contributed by atoms with Crippen molar-refractivity contribution >= 4 is 0 Å². The standard InChI is InChI=1S/C18H37N3/c1-4-12-20-13-7-9-18(10-14-20)21(16(2)3)15-17-8-5-6-11-19-17/h16-19H,4-15H2,1-3H3. The Balaban J connectivity index is 1.87. The maximum Gasteiger partial charge on any atom is 0.0195 e. The lowest BCUT2D eigenvalue weighted by atomic mass is 10.0. The van der Waals surface area contributed by atoms with Gasteiger partial charge in [-0.15, -0.1) is 0 Å². The van der Waals surface area contributed by atoms with Crippen LogP contribution in [0.15, 0.2) is 0 Å². The quantitative estimate of drug-likeness (QED) is 0.812. The number of hydrogen-bond donors (Lipinski definition) is 1. The number of piperidine rings is 1. The second-order valence-corrected chi connectivity index (χ2v) is 7.36. The van der Waals surface area contributed by atoms with Gasteiger partial charge in [0, 0.05) is 24.7 Å². The van der Waals surface area contributed by atoms with Crippen molar-refractivity contribution in [1.82, 2.24) is 15.1 Å². The van der Waals surface area contributed by atoms with Crippen molar-refractivity contribution in [2.75, 3.05) is 32.7 Å². The zero-order chi connectivity index (χ0) is 15.1. The van der Waals surface area contributed by atoms with Gasteiger partial charge < -0.3 is 10.2 Å². The molecule has 0 aromatic heterocycles. The molecule has 0 spiro atoms. The predicted octanol–water partition coefficient (Wildman–Crippen LogP) is 3.10. The third kappa shape index (κ3) is 5.54. The minimum Gasteiger partial charge on any atom is -0.313 e. The number of nitrogens with one attached hydrogen (secondary N) is 1. The first-order valence-electron chi connectivity index (χ1n) is 9.42. The van der Waals surface area contributed by atoms with Gasteiger partial charge in [-0.3, -0.25) is 4.90 Å². The van der Waals surface area contributed by atoms with Crippen molar-refractivity contribution in [3.63, 3.8) is 0 Å². The van der Waals surface area contributed by atoms with Gasteiger partial charge in [0.25, 0.3) is 0 Å². The molecule has 2 aliphatic heterocycles. The van der Waals surface area contributed by atoms with Crippen LogP contribution >= 0.6 is 0 Å². The molecule has 0 saturated carbocycles. The summed E-state index contributed by atoms with van der Waals surface area (Å²) in [5.41, 5.74) is 0. The Kier molecular flexibility index (Phi) is 7.48. The number of hydrogen-bond acceptors (Lipinski definition) is 3. The van der Waals surface area contributed by atoms with Crippen LogP contribution in [0.4, 0.5) is 0 Å². The van der Waals surface area contributed by atoms with Crippen LogP contribution in [-0.2, 0) is 0 Å². The molecule has 0 aromatic rings. The van der Waals surface area contributed by atoms with E-state index in [-0.39, 0.29) is 0 Å². The maximum atomic E-state index is 3.74. The van der Waals surface area contributed by atoms with Crippen LogP contribution in [0.3, 0.4) is 0 Å². The molecule has 3 heteroatoms. The molecule has 0 aliphatic carbocycles. The minimum atomic E-state index is 0.677. The number of likely N-dealkylation sites (tertiary alicyclic amines) is 1. The van der Waals surface area contributed by atoms with Crippen molar-refractivity contribution in [2.45, 2.75) is 83.8 Å². The number of nitrogens with zero attached hydrogens (tertiary/aromatic N) is 2. The molecule has 0 amide bonds. The largest absolute Gasteiger partial charge is 0.313 e. The fourth-order valence-electron chi connectivity index (χ4n) is 4.13. The van der Waals surface area contributed by atoms with E-state index in [1.807, 2.05) is 0 Å². The van der Waals surface area contributed by atoms with Crippen LogP contribution in [-0.4, -0.2) is 60.6 Å². The average Bonchev–Trinajstić information content (AvgIpc) is 2.72. The van der Waals surface area contributed by atoms with E-state index >= 15 is 0 Å². The predicted molar refractivity (Wildman–Crippen MR) is 91.9 cm³/mol. The van der Waals surface area contributed by atoms with Gasteiger partial charge >= 0.3 is 0 Å². The second-order valence-electron chi connectivity index (χ2n) is 7.36. The van der Waals surface area contributed by atoms with Crippen molar-refractivity contribution in [2.24, 2.45) is 0 Å². The molecular formula is C18H37N3. The highest BCUT2D eigenvalue weighted by atomic mass is 15.2. The summed E-state index contributed by atoms with van der Waals surface area (Å²) in [7, 11) is 0. The van der Waals surface area contributed by atoms with Crippen LogP contribution in [0.5, 0.6) is 0 Å². The summed E-state index contributed by atoms with van der Waals surface area (Å²) in [5.74, 6) is 0.